The Morgan fingerprint density at radius 1 is 1.21 bits per heavy atom. The number of fused-ring (bicyclic) bond motifs is 2. The summed E-state index contributed by atoms with van der Waals surface area (Å²) in [4.78, 5) is 35.3. The lowest BCUT2D eigenvalue weighted by molar-refractivity contribution is 0.0733. The van der Waals surface area contributed by atoms with Crippen LogP contribution in [0.4, 0.5) is 0 Å². The van der Waals surface area contributed by atoms with Crippen molar-refractivity contribution in [3.63, 3.8) is 0 Å². The van der Waals surface area contributed by atoms with Gasteiger partial charge in [0, 0.05) is 42.6 Å². The van der Waals surface area contributed by atoms with Crippen LogP contribution in [0.1, 0.15) is 55.4 Å². The van der Waals surface area contributed by atoms with Gasteiger partial charge >= 0.3 is 0 Å². The van der Waals surface area contributed by atoms with Crippen molar-refractivity contribution in [1.29, 1.82) is 0 Å². The zero-order valence-electron chi connectivity index (χ0n) is 20.0. The fraction of sp³-hybridized carbons (Fsp3) is 0.370. The first kappa shape index (κ1) is 22.3. The minimum atomic E-state index is -0.363. The number of hydrogen-bond donors (Lipinski definition) is 2. The van der Waals surface area contributed by atoms with E-state index >= 15 is 0 Å². The Labute approximate surface area is 198 Å². The molecule has 34 heavy (non-hydrogen) atoms. The molecule has 0 saturated carbocycles. The smallest absolute Gasteiger partial charge is 0.270 e. The van der Waals surface area contributed by atoms with E-state index in [-0.39, 0.29) is 17.2 Å². The van der Waals surface area contributed by atoms with Crippen LogP contribution in [-0.2, 0) is 13.1 Å². The molecular weight excluding hydrogens is 426 g/mol. The number of aromatic nitrogens is 3. The summed E-state index contributed by atoms with van der Waals surface area (Å²) in [6, 6.07) is 15.5. The van der Waals surface area contributed by atoms with Gasteiger partial charge in [-0.05, 0) is 66.9 Å². The first-order valence-electron chi connectivity index (χ1n) is 11.9. The number of benzene rings is 1. The van der Waals surface area contributed by atoms with E-state index in [0.717, 1.165) is 24.2 Å². The van der Waals surface area contributed by atoms with Gasteiger partial charge in [-0.1, -0.05) is 32.0 Å². The molecule has 2 N–H and O–H groups in total. The summed E-state index contributed by atoms with van der Waals surface area (Å²) >= 11 is 0. The van der Waals surface area contributed by atoms with E-state index in [1.54, 1.807) is 24.4 Å². The number of carbonyl (C=O) groups is 1. The van der Waals surface area contributed by atoms with Crippen LogP contribution < -0.4 is 10.9 Å². The molecule has 3 aromatic heterocycles. The van der Waals surface area contributed by atoms with E-state index in [9.17, 15) is 9.59 Å². The largest absolute Gasteiger partial charge is 0.357 e. The predicted molar refractivity (Wildman–Crippen MR) is 134 cm³/mol. The number of pyridine rings is 1. The predicted octanol–water partition coefficient (Wildman–Crippen LogP) is 4.12. The van der Waals surface area contributed by atoms with Crippen LogP contribution in [0.3, 0.4) is 0 Å². The minimum Gasteiger partial charge on any atom is -0.357 e. The van der Waals surface area contributed by atoms with Gasteiger partial charge in [-0.3, -0.25) is 18.9 Å². The van der Waals surface area contributed by atoms with Gasteiger partial charge in [0.1, 0.15) is 11.3 Å². The van der Waals surface area contributed by atoms with Crippen molar-refractivity contribution in [2.24, 2.45) is 5.41 Å². The summed E-state index contributed by atoms with van der Waals surface area (Å²) in [5.41, 5.74) is 3.98. The van der Waals surface area contributed by atoms with Gasteiger partial charge in [-0.15, -0.1) is 0 Å². The highest BCUT2D eigenvalue weighted by molar-refractivity contribution is 5.92. The molecular formula is C27H31N5O2. The van der Waals surface area contributed by atoms with E-state index in [0.29, 0.717) is 23.6 Å². The van der Waals surface area contributed by atoms with Crippen molar-refractivity contribution in [3.05, 3.63) is 82.0 Å². The van der Waals surface area contributed by atoms with Gasteiger partial charge in [0.2, 0.25) is 0 Å². The van der Waals surface area contributed by atoms with Crippen LogP contribution in [0, 0.1) is 5.41 Å². The SMILES string of the molecule is C[C@@H]1CC(C)(C)CCN1Cc1cc2ccc(CNC(=O)c3cc(=O)n4ccccc4n3)cc2[nH]1. The zero-order chi connectivity index (χ0) is 23.9. The summed E-state index contributed by atoms with van der Waals surface area (Å²) < 4.78 is 1.42. The fourth-order valence-electron chi connectivity index (χ4n) is 5.02. The maximum Gasteiger partial charge on any atom is 0.270 e. The first-order valence-corrected chi connectivity index (χ1v) is 11.9. The summed E-state index contributed by atoms with van der Waals surface area (Å²) in [5, 5.41) is 4.05. The normalized spacial score (nSPS) is 18.4. The van der Waals surface area contributed by atoms with E-state index in [2.05, 4.69) is 59.2 Å². The Morgan fingerprint density at radius 3 is 2.88 bits per heavy atom. The van der Waals surface area contributed by atoms with Gasteiger partial charge in [0.15, 0.2) is 0 Å². The van der Waals surface area contributed by atoms with Gasteiger partial charge < -0.3 is 10.3 Å². The number of nitrogens with zero attached hydrogens (tertiary/aromatic N) is 3. The number of H-pyrrole nitrogens is 1. The van der Waals surface area contributed by atoms with Crippen LogP contribution in [0.2, 0.25) is 0 Å². The molecule has 4 heterocycles. The number of piperidine rings is 1. The molecule has 176 valence electrons. The third-order valence-corrected chi connectivity index (χ3v) is 6.92. The highest BCUT2D eigenvalue weighted by Crippen LogP contribution is 2.34. The molecule has 7 nitrogen and oxygen atoms in total. The molecule has 7 heteroatoms. The van der Waals surface area contributed by atoms with Crippen molar-refractivity contribution in [3.8, 4) is 0 Å². The van der Waals surface area contributed by atoms with Crippen LogP contribution >= 0.6 is 0 Å². The minimum absolute atomic E-state index is 0.123. The Hall–Kier alpha value is -3.45. The average Bonchev–Trinajstić information content (AvgIpc) is 3.20. The lowest BCUT2D eigenvalue weighted by Gasteiger charge is -2.41. The number of rotatable bonds is 5. The highest BCUT2D eigenvalue weighted by Gasteiger charge is 2.30. The quantitative estimate of drug-likeness (QED) is 0.472. The van der Waals surface area contributed by atoms with E-state index in [1.807, 2.05) is 6.07 Å². The second-order valence-corrected chi connectivity index (χ2v) is 10.2. The Kier molecular flexibility index (Phi) is 5.73. The zero-order valence-corrected chi connectivity index (χ0v) is 20.0. The maximum atomic E-state index is 12.6. The second-order valence-electron chi connectivity index (χ2n) is 10.2. The summed E-state index contributed by atoms with van der Waals surface area (Å²) in [6.45, 7) is 9.44. The third kappa shape index (κ3) is 4.61. The van der Waals surface area contributed by atoms with Gasteiger partial charge in [-0.25, -0.2) is 4.98 Å². The Balaban J connectivity index is 1.26. The molecule has 0 radical (unpaired) electrons. The monoisotopic (exact) mass is 457 g/mol. The number of amides is 1. The lowest BCUT2D eigenvalue weighted by atomic mass is 9.79. The summed E-state index contributed by atoms with van der Waals surface area (Å²) in [5.74, 6) is -0.363. The Bertz CT molecular complexity index is 1420. The molecule has 5 rings (SSSR count). The topological polar surface area (TPSA) is 82.5 Å². The number of nitrogens with one attached hydrogen (secondary N) is 2. The molecule has 1 fully saturated rings. The molecule has 0 aliphatic carbocycles. The molecule has 0 unspecified atom stereocenters. The van der Waals surface area contributed by atoms with E-state index < -0.39 is 0 Å². The van der Waals surface area contributed by atoms with Gasteiger partial charge in [0.05, 0.1) is 0 Å². The standard InChI is InChI=1S/C27H31N5O2/c1-18-15-27(2,3)9-11-31(18)17-21-13-20-8-7-19(12-22(20)29-21)16-28-26(34)23-14-25(33)32-10-5-4-6-24(32)30-23/h4-8,10,12-14,18,29H,9,11,15-17H2,1-3H3,(H,28,34)/t18-/m1/s1. The first-order chi connectivity index (χ1) is 16.3. The number of likely N-dealkylation sites (tertiary alicyclic amines) is 1. The van der Waals surface area contributed by atoms with Crippen molar-refractivity contribution < 1.29 is 4.79 Å². The molecule has 1 atom stereocenters. The molecule has 0 spiro atoms. The van der Waals surface area contributed by atoms with Crippen LogP contribution in [-0.4, -0.2) is 37.8 Å². The van der Waals surface area contributed by atoms with Gasteiger partial charge in [-0.2, -0.15) is 0 Å². The second kappa shape index (κ2) is 8.72. The molecule has 1 aliphatic rings. The van der Waals surface area contributed by atoms with Crippen molar-refractivity contribution in [2.45, 2.75) is 52.7 Å². The molecule has 1 saturated heterocycles. The summed E-state index contributed by atoms with van der Waals surface area (Å²) in [7, 11) is 0. The molecule has 0 bridgehead atoms. The number of carbonyl (C=O) groups excluding carboxylic acids is 1. The Morgan fingerprint density at radius 2 is 2.06 bits per heavy atom. The van der Waals surface area contributed by atoms with E-state index in [1.165, 1.54) is 34.4 Å². The molecule has 1 amide bonds. The van der Waals surface area contributed by atoms with Crippen LogP contribution in [0.25, 0.3) is 16.6 Å². The molecule has 1 aliphatic heterocycles. The van der Waals surface area contributed by atoms with Crippen LogP contribution in [0.15, 0.2) is 59.5 Å². The number of aromatic amines is 1. The van der Waals surface area contributed by atoms with Gasteiger partial charge in [0.25, 0.3) is 11.5 Å². The maximum absolute atomic E-state index is 12.6. The number of hydrogen-bond acceptors (Lipinski definition) is 4. The van der Waals surface area contributed by atoms with Crippen molar-refractivity contribution in [2.75, 3.05) is 6.54 Å². The molecule has 1 aromatic carbocycles. The van der Waals surface area contributed by atoms with Crippen LogP contribution in [0.5, 0.6) is 0 Å². The summed E-state index contributed by atoms with van der Waals surface area (Å²) in [6.07, 6.45) is 4.08. The fourth-order valence-corrected chi connectivity index (χ4v) is 5.02. The van der Waals surface area contributed by atoms with Crippen molar-refractivity contribution in [1.82, 2.24) is 24.6 Å². The third-order valence-electron chi connectivity index (χ3n) is 6.92. The van der Waals surface area contributed by atoms with E-state index in [4.69, 9.17) is 0 Å². The molecule has 4 aromatic rings. The highest BCUT2D eigenvalue weighted by atomic mass is 16.2. The van der Waals surface area contributed by atoms with Crippen molar-refractivity contribution >= 4 is 22.5 Å². The lowest BCUT2D eigenvalue weighted by Crippen LogP contribution is -2.43. The average molecular weight is 458 g/mol.